The van der Waals surface area contributed by atoms with E-state index in [0.29, 0.717) is 16.9 Å². The molecule has 0 atom stereocenters. The Labute approximate surface area is 97.2 Å². The number of nitrogens with zero attached hydrogens (tertiary/aromatic N) is 2. The quantitative estimate of drug-likeness (QED) is 0.634. The summed E-state index contributed by atoms with van der Waals surface area (Å²) in [6.07, 6.45) is 0. The number of rotatable bonds is 2. The Morgan fingerprint density at radius 1 is 1.41 bits per heavy atom. The number of anilines is 1. The van der Waals surface area contributed by atoms with Crippen LogP contribution in [-0.2, 0) is 0 Å². The number of nitrogens with two attached hydrogens (primary N) is 1. The lowest BCUT2D eigenvalue weighted by molar-refractivity contribution is -0.384. The predicted molar refractivity (Wildman–Crippen MR) is 62.5 cm³/mol. The summed E-state index contributed by atoms with van der Waals surface area (Å²) < 4.78 is 5.07. The standard InChI is InChI=1S/C11H11N3O3/c1-6-4-3-5-8(14(15)16)9(6)10-7(2)11(12)13-17-10/h3-5H,1-2H3,(H2,12,13). The zero-order valence-corrected chi connectivity index (χ0v) is 9.43. The molecule has 0 saturated carbocycles. The van der Waals surface area contributed by atoms with Crippen molar-refractivity contribution < 1.29 is 9.45 Å². The first-order valence-electron chi connectivity index (χ1n) is 4.98. The SMILES string of the molecule is Cc1cccc([N+](=O)[O-])c1-c1onc(N)c1C. The van der Waals surface area contributed by atoms with E-state index in [0.717, 1.165) is 5.56 Å². The number of hydrogen-bond donors (Lipinski definition) is 1. The molecule has 17 heavy (non-hydrogen) atoms. The third-order valence-electron chi connectivity index (χ3n) is 2.63. The first kappa shape index (κ1) is 11.1. The van der Waals surface area contributed by atoms with E-state index in [4.69, 9.17) is 10.3 Å². The van der Waals surface area contributed by atoms with Crippen LogP contribution < -0.4 is 5.73 Å². The molecule has 0 radical (unpaired) electrons. The van der Waals surface area contributed by atoms with Crippen LogP contribution in [0.2, 0.25) is 0 Å². The molecule has 0 unspecified atom stereocenters. The fourth-order valence-corrected chi connectivity index (χ4v) is 1.68. The summed E-state index contributed by atoms with van der Waals surface area (Å²) in [6.45, 7) is 3.50. The Balaban J connectivity index is 2.74. The van der Waals surface area contributed by atoms with Gasteiger partial charge in [-0.1, -0.05) is 17.3 Å². The van der Waals surface area contributed by atoms with Crippen molar-refractivity contribution in [2.75, 3.05) is 5.73 Å². The van der Waals surface area contributed by atoms with E-state index in [2.05, 4.69) is 5.16 Å². The van der Waals surface area contributed by atoms with Gasteiger partial charge in [-0.3, -0.25) is 10.1 Å². The summed E-state index contributed by atoms with van der Waals surface area (Å²) in [4.78, 5) is 10.5. The van der Waals surface area contributed by atoms with E-state index >= 15 is 0 Å². The Kier molecular flexibility index (Phi) is 2.55. The molecule has 0 aliphatic rings. The van der Waals surface area contributed by atoms with E-state index in [1.54, 1.807) is 26.0 Å². The monoisotopic (exact) mass is 233 g/mol. The number of aryl methyl sites for hydroxylation is 1. The number of nitrogen functional groups attached to an aromatic ring is 1. The third kappa shape index (κ3) is 1.73. The van der Waals surface area contributed by atoms with Gasteiger partial charge in [-0.2, -0.15) is 0 Å². The highest BCUT2D eigenvalue weighted by molar-refractivity contribution is 5.76. The molecular weight excluding hydrogens is 222 g/mol. The second-order valence-corrected chi connectivity index (χ2v) is 3.75. The highest BCUT2D eigenvalue weighted by atomic mass is 16.6. The van der Waals surface area contributed by atoms with Crippen LogP contribution >= 0.6 is 0 Å². The first-order valence-corrected chi connectivity index (χ1v) is 4.98. The average Bonchev–Trinajstić information content (AvgIpc) is 2.60. The van der Waals surface area contributed by atoms with Gasteiger partial charge in [-0.05, 0) is 19.4 Å². The van der Waals surface area contributed by atoms with Crippen LogP contribution in [0.3, 0.4) is 0 Å². The maximum atomic E-state index is 11.0. The number of hydrogen-bond acceptors (Lipinski definition) is 5. The number of benzene rings is 1. The molecule has 0 spiro atoms. The lowest BCUT2D eigenvalue weighted by Gasteiger charge is -2.03. The second-order valence-electron chi connectivity index (χ2n) is 3.75. The van der Waals surface area contributed by atoms with Gasteiger partial charge in [-0.25, -0.2) is 0 Å². The van der Waals surface area contributed by atoms with Crippen molar-refractivity contribution in [1.82, 2.24) is 5.16 Å². The van der Waals surface area contributed by atoms with Gasteiger partial charge in [0.05, 0.1) is 4.92 Å². The molecule has 2 N–H and O–H groups in total. The fourth-order valence-electron chi connectivity index (χ4n) is 1.68. The van der Waals surface area contributed by atoms with Gasteiger partial charge in [0.15, 0.2) is 11.6 Å². The summed E-state index contributed by atoms with van der Waals surface area (Å²) in [5, 5.41) is 14.6. The molecule has 0 aliphatic heterocycles. The molecule has 6 nitrogen and oxygen atoms in total. The molecule has 88 valence electrons. The van der Waals surface area contributed by atoms with Crippen molar-refractivity contribution in [2.24, 2.45) is 0 Å². The summed E-state index contributed by atoms with van der Waals surface area (Å²) in [7, 11) is 0. The van der Waals surface area contributed by atoms with E-state index in [1.165, 1.54) is 6.07 Å². The molecular formula is C11H11N3O3. The molecule has 2 rings (SSSR count). The third-order valence-corrected chi connectivity index (χ3v) is 2.63. The minimum atomic E-state index is -0.444. The van der Waals surface area contributed by atoms with Crippen LogP contribution in [0.15, 0.2) is 22.7 Å². The Morgan fingerprint density at radius 3 is 2.65 bits per heavy atom. The number of nitro benzene ring substituents is 1. The van der Waals surface area contributed by atoms with Crippen molar-refractivity contribution in [3.8, 4) is 11.3 Å². The van der Waals surface area contributed by atoms with Crippen molar-refractivity contribution in [1.29, 1.82) is 0 Å². The van der Waals surface area contributed by atoms with Crippen LogP contribution in [0.1, 0.15) is 11.1 Å². The molecule has 0 amide bonds. The lowest BCUT2D eigenvalue weighted by atomic mass is 10.0. The van der Waals surface area contributed by atoms with Crippen LogP contribution in [0, 0.1) is 24.0 Å². The van der Waals surface area contributed by atoms with Gasteiger partial charge in [0.25, 0.3) is 5.69 Å². The number of aromatic nitrogens is 1. The molecule has 0 bridgehead atoms. The normalized spacial score (nSPS) is 10.5. The lowest BCUT2D eigenvalue weighted by Crippen LogP contribution is -1.95. The Hall–Kier alpha value is -2.37. The molecule has 0 saturated heterocycles. The molecule has 2 aromatic rings. The topological polar surface area (TPSA) is 95.2 Å². The fraction of sp³-hybridized carbons (Fsp3) is 0.182. The van der Waals surface area contributed by atoms with Crippen LogP contribution in [0.5, 0.6) is 0 Å². The molecule has 0 fully saturated rings. The Morgan fingerprint density at radius 2 is 2.12 bits per heavy atom. The molecule has 0 aliphatic carbocycles. The zero-order valence-electron chi connectivity index (χ0n) is 9.43. The van der Waals surface area contributed by atoms with E-state index in [9.17, 15) is 10.1 Å². The van der Waals surface area contributed by atoms with Gasteiger partial charge in [0, 0.05) is 11.6 Å². The first-order chi connectivity index (χ1) is 8.02. The summed E-state index contributed by atoms with van der Waals surface area (Å²) in [5.41, 5.74) is 7.36. The van der Waals surface area contributed by atoms with Gasteiger partial charge in [0.1, 0.15) is 5.56 Å². The van der Waals surface area contributed by atoms with E-state index < -0.39 is 4.92 Å². The second kappa shape index (κ2) is 3.89. The highest BCUT2D eigenvalue weighted by Crippen LogP contribution is 2.36. The largest absolute Gasteiger partial charge is 0.381 e. The van der Waals surface area contributed by atoms with Crippen LogP contribution in [-0.4, -0.2) is 10.1 Å². The Bertz CT molecular complexity index is 590. The number of nitro groups is 1. The van der Waals surface area contributed by atoms with Gasteiger partial charge < -0.3 is 10.3 Å². The van der Waals surface area contributed by atoms with Crippen molar-refractivity contribution in [2.45, 2.75) is 13.8 Å². The molecule has 1 aromatic heterocycles. The van der Waals surface area contributed by atoms with E-state index in [-0.39, 0.29) is 11.5 Å². The van der Waals surface area contributed by atoms with Gasteiger partial charge >= 0.3 is 0 Å². The summed E-state index contributed by atoms with van der Waals surface area (Å²) in [6, 6.07) is 4.84. The molecule has 6 heteroatoms. The minimum Gasteiger partial charge on any atom is -0.381 e. The van der Waals surface area contributed by atoms with Crippen LogP contribution in [0.25, 0.3) is 11.3 Å². The van der Waals surface area contributed by atoms with Gasteiger partial charge in [-0.15, -0.1) is 0 Å². The van der Waals surface area contributed by atoms with Crippen molar-refractivity contribution >= 4 is 11.5 Å². The average molecular weight is 233 g/mol. The minimum absolute atomic E-state index is 0.00995. The van der Waals surface area contributed by atoms with Gasteiger partial charge in [0.2, 0.25) is 0 Å². The van der Waals surface area contributed by atoms with Crippen LogP contribution in [0.4, 0.5) is 11.5 Å². The smallest absolute Gasteiger partial charge is 0.280 e. The molecule has 1 aromatic carbocycles. The maximum absolute atomic E-state index is 11.0. The zero-order chi connectivity index (χ0) is 12.6. The summed E-state index contributed by atoms with van der Waals surface area (Å²) >= 11 is 0. The van der Waals surface area contributed by atoms with Crippen molar-refractivity contribution in [3.63, 3.8) is 0 Å². The van der Waals surface area contributed by atoms with E-state index in [1.807, 2.05) is 0 Å². The molecule has 1 heterocycles. The highest BCUT2D eigenvalue weighted by Gasteiger charge is 2.23. The maximum Gasteiger partial charge on any atom is 0.280 e. The van der Waals surface area contributed by atoms with Crippen molar-refractivity contribution in [3.05, 3.63) is 39.4 Å². The summed E-state index contributed by atoms with van der Waals surface area (Å²) in [5.74, 6) is 0.602. The predicted octanol–water partition coefficient (Wildman–Crippen LogP) is 2.45.